The zero-order valence-electron chi connectivity index (χ0n) is 27.7. The van der Waals surface area contributed by atoms with Crippen LogP contribution in [0.5, 0.6) is 0 Å². The van der Waals surface area contributed by atoms with Crippen molar-refractivity contribution in [2.45, 2.75) is 0 Å². The third-order valence-corrected chi connectivity index (χ3v) is 10.1. The van der Waals surface area contributed by atoms with E-state index in [0.29, 0.717) is 0 Å². The van der Waals surface area contributed by atoms with Crippen molar-refractivity contribution in [1.82, 2.24) is 14.5 Å². The van der Waals surface area contributed by atoms with Crippen LogP contribution in [-0.2, 0) is 0 Å². The molecule has 0 radical (unpaired) electrons. The maximum Gasteiger partial charge on any atom is 0.146 e. The molecule has 0 atom stereocenters. The quantitative estimate of drug-likeness (QED) is 0.174. The molecule has 51 heavy (non-hydrogen) atoms. The predicted octanol–water partition coefficient (Wildman–Crippen LogP) is 12.5. The Morgan fingerprint density at radius 2 is 0.784 bits per heavy atom. The normalized spacial score (nSPS) is 11.5. The molecule has 3 nitrogen and oxygen atoms in total. The van der Waals surface area contributed by atoms with Crippen LogP contribution in [0.4, 0.5) is 0 Å². The van der Waals surface area contributed by atoms with E-state index in [2.05, 4.69) is 161 Å². The highest BCUT2D eigenvalue weighted by atomic mass is 15.1. The van der Waals surface area contributed by atoms with Crippen LogP contribution >= 0.6 is 0 Å². The molecule has 0 aliphatic rings. The van der Waals surface area contributed by atoms with Gasteiger partial charge >= 0.3 is 0 Å². The summed E-state index contributed by atoms with van der Waals surface area (Å²) in [6.07, 6.45) is 3.68. The van der Waals surface area contributed by atoms with Gasteiger partial charge in [0.2, 0.25) is 0 Å². The van der Waals surface area contributed by atoms with Gasteiger partial charge in [-0.2, -0.15) is 0 Å². The Kier molecular flexibility index (Phi) is 6.81. The fraction of sp³-hybridized carbons (Fsp3) is 0. The van der Waals surface area contributed by atoms with Crippen molar-refractivity contribution in [3.63, 3.8) is 0 Å². The molecule has 0 spiro atoms. The lowest BCUT2D eigenvalue weighted by molar-refractivity contribution is 1.06. The van der Waals surface area contributed by atoms with E-state index < -0.39 is 0 Å². The zero-order valence-corrected chi connectivity index (χ0v) is 27.7. The number of aromatic nitrogens is 3. The van der Waals surface area contributed by atoms with E-state index in [9.17, 15) is 0 Å². The predicted molar refractivity (Wildman–Crippen MR) is 213 cm³/mol. The number of hydrogen-bond acceptors (Lipinski definition) is 2. The summed E-state index contributed by atoms with van der Waals surface area (Å²) in [7, 11) is 0. The fourth-order valence-corrected chi connectivity index (χ4v) is 7.78. The van der Waals surface area contributed by atoms with Crippen LogP contribution in [0.25, 0.3) is 93.8 Å². The summed E-state index contributed by atoms with van der Waals surface area (Å²) in [6, 6.07) is 63.2. The van der Waals surface area contributed by atoms with Crippen LogP contribution < -0.4 is 0 Å². The first-order valence-electron chi connectivity index (χ1n) is 17.3. The minimum Gasteiger partial charge on any atom is -0.278 e. The Morgan fingerprint density at radius 1 is 0.314 bits per heavy atom. The highest BCUT2D eigenvalue weighted by molar-refractivity contribution is 6.21. The molecule has 0 N–H and O–H groups in total. The summed E-state index contributed by atoms with van der Waals surface area (Å²) in [6.45, 7) is 0. The van der Waals surface area contributed by atoms with Crippen molar-refractivity contribution in [3.8, 4) is 50.3 Å². The Balaban J connectivity index is 1.09. The van der Waals surface area contributed by atoms with Gasteiger partial charge in [-0.15, -0.1) is 0 Å². The van der Waals surface area contributed by atoms with E-state index in [4.69, 9.17) is 4.98 Å². The lowest BCUT2D eigenvalue weighted by atomic mass is 9.85. The number of pyridine rings is 2. The topological polar surface area (TPSA) is 30.7 Å². The van der Waals surface area contributed by atoms with Gasteiger partial charge in [-0.1, -0.05) is 140 Å². The summed E-state index contributed by atoms with van der Waals surface area (Å²) in [5, 5.41) is 7.29. The van der Waals surface area contributed by atoms with Gasteiger partial charge in [0.25, 0.3) is 0 Å². The average molecular weight is 650 g/mol. The van der Waals surface area contributed by atoms with Crippen LogP contribution in [0, 0.1) is 0 Å². The van der Waals surface area contributed by atoms with Crippen molar-refractivity contribution in [1.29, 1.82) is 0 Å². The standard InChI is InChI=1S/C48H31N3/c1-2-11-32(12-3-1)33-19-23-35(24-20-33)46-38-13-4-6-15-40(38)47(41-16-7-5-14-39(41)46)36-25-21-34(22-26-36)37-27-28-44-43(31-37)42-17-10-30-50-48(42)51(44)45-18-8-9-29-49-45/h1-31H. The third-order valence-electron chi connectivity index (χ3n) is 10.1. The number of benzene rings is 7. The Labute approximate surface area is 295 Å². The molecule has 0 saturated heterocycles. The first kappa shape index (κ1) is 29.1. The van der Waals surface area contributed by atoms with E-state index >= 15 is 0 Å². The first-order valence-corrected chi connectivity index (χ1v) is 17.3. The van der Waals surface area contributed by atoms with Gasteiger partial charge in [0.15, 0.2) is 0 Å². The van der Waals surface area contributed by atoms with E-state index in [1.165, 1.54) is 66.1 Å². The number of hydrogen-bond donors (Lipinski definition) is 0. The summed E-state index contributed by atoms with van der Waals surface area (Å²) in [4.78, 5) is 9.40. The van der Waals surface area contributed by atoms with Crippen LogP contribution in [0.2, 0.25) is 0 Å². The van der Waals surface area contributed by atoms with Crippen LogP contribution in [0.1, 0.15) is 0 Å². The minimum atomic E-state index is 0.864. The molecule has 0 amide bonds. The summed E-state index contributed by atoms with van der Waals surface area (Å²) >= 11 is 0. The minimum absolute atomic E-state index is 0.864. The molecule has 0 fully saturated rings. The molecular weight excluding hydrogens is 619 g/mol. The number of rotatable bonds is 5. The molecule has 3 heterocycles. The molecule has 7 aromatic carbocycles. The smallest absolute Gasteiger partial charge is 0.146 e. The molecule has 238 valence electrons. The van der Waals surface area contributed by atoms with Crippen molar-refractivity contribution < 1.29 is 0 Å². The number of nitrogens with zero attached hydrogens (tertiary/aromatic N) is 3. The molecule has 10 rings (SSSR count). The van der Waals surface area contributed by atoms with Gasteiger partial charge in [0, 0.05) is 23.2 Å². The molecule has 10 aromatic rings. The lowest BCUT2D eigenvalue weighted by Crippen LogP contribution is -1.97. The Hall–Kier alpha value is -6.84. The summed E-state index contributed by atoms with van der Waals surface area (Å²) < 4.78 is 2.15. The fourth-order valence-electron chi connectivity index (χ4n) is 7.78. The molecule has 0 aliphatic carbocycles. The monoisotopic (exact) mass is 649 g/mol. The molecule has 3 heteroatoms. The molecule has 3 aromatic heterocycles. The maximum absolute atomic E-state index is 4.76. The van der Waals surface area contributed by atoms with Crippen LogP contribution in [-0.4, -0.2) is 14.5 Å². The molecule has 0 bridgehead atoms. The SMILES string of the molecule is c1ccc(-c2ccc(-c3c4ccccc4c(-c4ccc(-c5ccc6c(c5)c5cccnc5n6-c5ccccn5)cc4)c4ccccc34)cc2)cc1. The van der Waals surface area contributed by atoms with Gasteiger partial charge in [-0.05, 0) is 102 Å². The van der Waals surface area contributed by atoms with Gasteiger partial charge in [-0.25, -0.2) is 9.97 Å². The highest BCUT2D eigenvalue weighted by Gasteiger charge is 2.18. The highest BCUT2D eigenvalue weighted by Crippen LogP contribution is 2.44. The number of fused-ring (bicyclic) bond motifs is 5. The third kappa shape index (κ3) is 4.82. The molecule has 0 saturated carbocycles. The second kappa shape index (κ2) is 11.9. The zero-order chi connectivity index (χ0) is 33.7. The molecule has 0 aliphatic heterocycles. The van der Waals surface area contributed by atoms with Crippen LogP contribution in [0.3, 0.4) is 0 Å². The van der Waals surface area contributed by atoms with Gasteiger partial charge < -0.3 is 0 Å². The van der Waals surface area contributed by atoms with Gasteiger partial charge in [-0.3, -0.25) is 4.57 Å². The second-order valence-electron chi connectivity index (χ2n) is 13.0. The first-order chi connectivity index (χ1) is 25.3. The Morgan fingerprint density at radius 3 is 1.37 bits per heavy atom. The van der Waals surface area contributed by atoms with Crippen molar-refractivity contribution in [2.24, 2.45) is 0 Å². The maximum atomic E-state index is 4.76. The molecule has 0 unspecified atom stereocenters. The molecular formula is C48H31N3. The van der Waals surface area contributed by atoms with Crippen LogP contribution in [0.15, 0.2) is 188 Å². The average Bonchev–Trinajstić information content (AvgIpc) is 3.54. The van der Waals surface area contributed by atoms with E-state index in [1.54, 1.807) is 0 Å². The van der Waals surface area contributed by atoms with Crippen molar-refractivity contribution in [3.05, 3.63) is 188 Å². The van der Waals surface area contributed by atoms with E-state index in [1.807, 2.05) is 36.7 Å². The largest absolute Gasteiger partial charge is 0.278 e. The summed E-state index contributed by atoms with van der Waals surface area (Å²) in [5.74, 6) is 0.864. The van der Waals surface area contributed by atoms with E-state index in [-0.39, 0.29) is 0 Å². The lowest BCUT2D eigenvalue weighted by Gasteiger charge is -2.18. The summed E-state index contributed by atoms with van der Waals surface area (Å²) in [5.41, 5.74) is 11.8. The second-order valence-corrected chi connectivity index (χ2v) is 13.0. The van der Waals surface area contributed by atoms with Gasteiger partial charge in [0.1, 0.15) is 11.5 Å². The Bertz CT molecular complexity index is 2810. The van der Waals surface area contributed by atoms with E-state index in [0.717, 1.165) is 27.8 Å². The van der Waals surface area contributed by atoms with Crippen molar-refractivity contribution >= 4 is 43.5 Å². The van der Waals surface area contributed by atoms with Gasteiger partial charge in [0.05, 0.1) is 5.52 Å². The van der Waals surface area contributed by atoms with Crippen molar-refractivity contribution in [2.75, 3.05) is 0 Å².